The van der Waals surface area contributed by atoms with E-state index in [1.165, 1.54) is 63.9 Å². The fraction of sp³-hybridized carbons (Fsp3) is 0.857. The predicted molar refractivity (Wildman–Crippen MR) is 69.6 cm³/mol. The summed E-state index contributed by atoms with van der Waals surface area (Å²) in [6, 6.07) is 0.813. The van der Waals surface area contributed by atoms with Crippen LogP contribution in [0, 0.1) is 5.92 Å². The minimum atomic E-state index is 0.813. The maximum atomic E-state index is 4.00. The molecule has 2 heterocycles. The van der Waals surface area contributed by atoms with Crippen molar-refractivity contribution in [3.63, 3.8) is 0 Å². The highest BCUT2D eigenvalue weighted by Gasteiger charge is 2.28. The van der Waals surface area contributed by atoms with Gasteiger partial charge in [0.15, 0.2) is 0 Å². The minimum absolute atomic E-state index is 0.813. The molecule has 0 aromatic heterocycles. The lowest BCUT2D eigenvalue weighted by atomic mass is 9.89. The molecule has 2 fully saturated rings. The summed E-state index contributed by atoms with van der Waals surface area (Å²) in [6.45, 7) is 11.2. The van der Waals surface area contributed by atoms with Gasteiger partial charge in [0, 0.05) is 19.1 Å². The first-order valence-electron chi connectivity index (χ1n) is 6.86. The third-order valence-electron chi connectivity index (χ3n) is 4.06. The van der Waals surface area contributed by atoms with E-state index in [0.29, 0.717) is 0 Å². The Hall–Kier alpha value is -0.340. The lowest BCUT2D eigenvalue weighted by Crippen LogP contribution is -2.43. The van der Waals surface area contributed by atoms with Gasteiger partial charge >= 0.3 is 0 Å². The molecular formula is C14H26N2. The first-order chi connectivity index (χ1) is 7.75. The average Bonchev–Trinajstić information content (AvgIpc) is 2.80. The Morgan fingerprint density at radius 1 is 1.38 bits per heavy atom. The molecule has 0 saturated carbocycles. The van der Waals surface area contributed by atoms with Crippen LogP contribution in [0.2, 0.25) is 0 Å². The molecule has 0 amide bonds. The molecule has 92 valence electrons. The van der Waals surface area contributed by atoms with Gasteiger partial charge in [0.2, 0.25) is 0 Å². The van der Waals surface area contributed by atoms with Crippen LogP contribution in [0.3, 0.4) is 0 Å². The summed E-state index contributed by atoms with van der Waals surface area (Å²) in [6.07, 6.45) is 6.77. The number of hydrogen-bond donors (Lipinski definition) is 1. The number of hydrogen-bond acceptors (Lipinski definition) is 2. The van der Waals surface area contributed by atoms with Crippen LogP contribution < -0.4 is 5.32 Å². The zero-order valence-corrected chi connectivity index (χ0v) is 10.7. The maximum Gasteiger partial charge on any atom is 0.0108 e. The minimum Gasteiger partial charge on any atom is -0.314 e. The Morgan fingerprint density at radius 2 is 2.25 bits per heavy atom. The van der Waals surface area contributed by atoms with Crippen LogP contribution in [0.4, 0.5) is 0 Å². The lowest BCUT2D eigenvalue weighted by molar-refractivity contribution is 0.153. The summed E-state index contributed by atoms with van der Waals surface area (Å²) in [5.74, 6) is 0.904. The smallest absolute Gasteiger partial charge is 0.0108 e. The Labute approximate surface area is 100 Å². The standard InChI is InChI=1S/C14H26N2/c1-12(2)7-10-16-9-4-5-13(11-16)14-6-3-8-15-14/h13-15H,1,3-11H2,2H3. The zero-order chi connectivity index (χ0) is 11.4. The fourth-order valence-corrected chi connectivity index (χ4v) is 3.09. The Balaban J connectivity index is 1.76. The molecule has 0 aromatic carbocycles. The molecule has 0 aliphatic carbocycles. The van der Waals surface area contributed by atoms with Crippen LogP contribution >= 0.6 is 0 Å². The van der Waals surface area contributed by atoms with Crippen molar-refractivity contribution in [1.29, 1.82) is 0 Å². The molecule has 16 heavy (non-hydrogen) atoms. The molecular weight excluding hydrogens is 196 g/mol. The monoisotopic (exact) mass is 222 g/mol. The van der Waals surface area contributed by atoms with E-state index in [-0.39, 0.29) is 0 Å². The van der Waals surface area contributed by atoms with Crippen molar-refractivity contribution in [2.45, 2.75) is 45.1 Å². The fourth-order valence-electron chi connectivity index (χ4n) is 3.09. The van der Waals surface area contributed by atoms with Crippen LogP contribution in [0.15, 0.2) is 12.2 Å². The molecule has 2 saturated heterocycles. The molecule has 0 aromatic rings. The van der Waals surface area contributed by atoms with Gasteiger partial charge in [-0.05, 0) is 58.0 Å². The van der Waals surface area contributed by atoms with Gasteiger partial charge in [-0.3, -0.25) is 0 Å². The SMILES string of the molecule is C=C(C)CCN1CCCC(C2CCCN2)C1. The lowest BCUT2D eigenvalue weighted by Gasteiger charge is -2.35. The second-order valence-corrected chi connectivity index (χ2v) is 5.61. The predicted octanol–water partition coefficient (Wildman–Crippen LogP) is 2.42. The quantitative estimate of drug-likeness (QED) is 0.735. The van der Waals surface area contributed by atoms with E-state index < -0.39 is 0 Å². The van der Waals surface area contributed by atoms with E-state index in [0.717, 1.165) is 12.0 Å². The third-order valence-corrected chi connectivity index (χ3v) is 4.06. The van der Waals surface area contributed by atoms with Crippen LogP contribution in [0.1, 0.15) is 39.0 Å². The van der Waals surface area contributed by atoms with E-state index >= 15 is 0 Å². The van der Waals surface area contributed by atoms with E-state index in [1.54, 1.807) is 0 Å². The number of nitrogens with one attached hydrogen (secondary N) is 1. The van der Waals surface area contributed by atoms with Crippen molar-refractivity contribution < 1.29 is 0 Å². The summed E-state index contributed by atoms with van der Waals surface area (Å²) in [7, 11) is 0. The van der Waals surface area contributed by atoms with E-state index in [2.05, 4.69) is 23.7 Å². The zero-order valence-electron chi connectivity index (χ0n) is 10.7. The highest BCUT2D eigenvalue weighted by Crippen LogP contribution is 2.24. The first kappa shape index (κ1) is 12.1. The van der Waals surface area contributed by atoms with Crippen molar-refractivity contribution >= 4 is 0 Å². The molecule has 2 rings (SSSR count). The summed E-state index contributed by atoms with van der Waals surface area (Å²) in [4.78, 5) is 2.64. The van der Waals surface area contributed by atoms with Gasteiger partial charge in [-0.15, -0.1) is 6.58 Å². The first-order valence-corrected chi connectivity index (χ1v) is 6.86. The molecule has 2 nitrogen and oxygen atoms in total. The molecule has 1 N–H and O–H groups in total. The summed E-state index contributed by atoms with van der Waals surface area (Å²) in [5.41, 5.74) is 1.32. The highest BCUT2D eigenvalue weighted by atomic mass is 15.1. The van der Waals surface area contributed by atoms with Gasteiger partial charge < -0.3 is 10.2 Å². The largest absolute Gasteiger partial charge is 0.314 e. The molecule has 2 aliphatic heterocycles. The van der Waals surface area contributed by atoms with Gasteiger partial charge in [0.1, 0.15) is 0 Å². The van der Waals surface area contributed by atoms with Crippen molar-refractivity contribution in [2.75, 3.05) is 26.2 Å². The molecule has 2 unspecified atom stereocenters. The molecule has 2 heteroatoms. The Kier molecular flexibility index (Phi) is 4.42. The van der Waals surface area contributed by atoms with Crippen molar-refractivity contribution in [2.24, 2.45) is 5.92 Å². The van der Waals surface area contributed by atoms with Crippen LogP contribution in [0.5, 0.6) is 0 Å². The van der Waals surface area contributed by atoms with Gasteiger partial charge in [-0.25, -0.2) is 0 Å². The summed E-state index contributed by atoms with van der Waals surface area (Å²) >= 11 is 0. The number of nitrogens with zero attached hydrogens (tertiary/aromatic N) is 1. The van der Waals surface area contributed by atoms with Crippen molar-refractivity contribution in [1.82, 2.24) is 10.2 Å². The van der Waals surface area contributed by atoms with Crippen molar-refractivity contribution in [3.8, 4) is 0 Å². The normalized spacial score (nSPS) is 31.8. The molecule has 2 atom stereocenters. The number of rotatable bonds is 4. The number of piperidine rings is 1. The summed E-state index contributed by atoms with van der Waals surface area (Å²) in [5, 5.41) is 3.67. The summed E-state index contributed by atoms with van der Waals surface area (Å²) < 4.78 is 0. The van der Waals surface area contributed by atoms with Gasteiger partial charge in [0.25, 0.3) is 0 Å². The maximum absolute atomic E-state index is 4.00. The van der Waals surface area contributed by atoms with Gasteiger partial charge in [-0.2, -0.15) is 0 Å². The van der Waals surface area contributed by atoms with Crippen LogP contribution in [0.25, 0.3) is 0 Å². The van der Waals surface area contributed by atoms with E-state index in [9.17, 15) is 0 Å². The number of likely N-dealkylation sites (tertiary alicyclic amines) is 1. The average molecular weight is 222 g/mol. The second kappa shape index (κ2) is 5.83. The second-order valence-electron chi connectivity index (χ2n) is 5.61. The molecule has 0 radical (unpaired) electrons. The van der Waals surface area contributed by atoms with E-state index in [4.69, 9.17) is 0 Å². The van der Waals surface area contributed by atoms with Gasteiger partial charge in [0.05, 0.1) is 0 Å². The Morgan fingerprint density at radius 3 is 2.94 bits per heavy atom. The van der Waals surface area contributed by atoms with Crippen LogP contribution in [-0.4, -0.2) is 37.1 Å². The molecule has 0 spiro atoms. The third kappa shape index (κ3) is 3.33. The molecule has 0 bridgehead atoms. The van der Waals surface area contributed by atoms with Gasteiger partial charge in [-0.1, -0.05) is 5.57 Å². The highest BCUT2D eigenvalue weighted by molar-refractivity contribution is 4.91. The van der Waals surface area contributed by atoms with E-state index in [1.807, 2.05) is 0 Å². The Bertz CT molecular complexity index is 231. The topological polar surface area (TPSA) is 15.3 Å². The van der Waals surface area contributed by atoms with Crippen molar-refractivity contribution in [3.05, 3.63) is 12.2 Å². The molecule has 2 aliphatic rings. The van der Waals surface area contributed by atoms with Crippen LogP contribution in [-0.2, 0) is 0 Å².